The molecule has 1 N–H and O–H groups in total. The minimum Gasteiger partial charge on any atom is -0.476 e. The van der Waals surface area contributed by atoms with Gasteiger partial charge in [0, 0.05) is 6.20 Å². The van der Waals surface area contributed by atoms with Gasteiger partial charge in [-0.2, -0.15) is 13.2 Å². The van der Waals surface area contributed by atoms with E-state index in [1.807, 2.05) is 0 Å². The van der Waals surface area contributed by atoms with Crippen LogP contribution in [0.2, 0.25) is 0 Å². The van der Waals surface area contributed by atoms with Gasteiger partial charge in [0.05, 0.1) is 11.3 Å². The molecule has 18 heavy (non-hydrogen) atoms. The Hall–Kier alpha value is -2.05. The SMILES string of the molecule is CCc1c(C(=O)O)nc2c(C(F)(F)F)cccn12. The van der Waals surface area contributed by atoms with Crippen LogP contribution in [0.25, 0.3) is 5.65 Å². The van der Waals surface area contributed by atoms with Crippen molar-refractivity contribution in [3.05, 3.63) is 35.3 Å². The Kier molecular flexibility index (Phi) is 2.76. The normalized spacial score (nSPS) is 12.0. The van der Waals surface area contributed by atoms with Gasteiger partial charge >= 0.3 is 12.1 Å². The van der Waals surface area contributed by atoms with Gasteiger partial charge in [-0.25, -0.2) is 9.78 Å². The van der Waals surface area contributed by atoms with Gasteiger partial charge in [0.2, 0.25) is 0 Å². The molecule has 0 saturated heterocycles. The van der Waals surface area contributed by atoms with Crippen LogP contribution in [0.15, 0.2) is 18.3 Å². The van der Waals surface area contributed by atoms with Gasteiger partial charge in [0.15, 0.2) is 5.69 Å². The van der Waals surface area contributed by atoms with Crippen LogP contribution in [0, 0.1) is 0 Å². The summed E-state index contributed by atoms with van der Waals surface area (Å²) in [5.41, 5.74) is -1.40. The van der Waals surface area contributed by atoms with Crippen LogP contribution < -0.4 is 0 Å². The summed E-state index contributed by atoms with van der Waals surface area (Å²) in [7, 11) is 0. The molecule has 0 aliphatic heterocycles. The van der Waals surface area contributed by atoms with E-state index in [2.05, 4.69) is 4.98 Å². The molecule has 2 heterocycles. The summed E-state index contributed by atoms with van der Waals surface area (Å²) in [4.78, 5) is 14.5. The Morgan fingerprint density at radius 2 is 2.17 bits per heavy atom. The summed E-state index contributed by atoms with van der Waals surface area (Å²) >= 11 is 0. The van der Waals surface area contributed by atoms with Crippen molar-refractivity contribution in [1.29, 1.82) is 0 Å². The third kappa shape index (κ3) is 1.81. The average molecular weight is 258 g/mol. The van der Waals surface area contributed by atoms with Crippen molar-refractivity contribution in [2.24, 2.45) is 0 Å². The van der Waals surface area contributed by atoms with Crippen LogP contribution in [0.1, 0.15) is 28.7 Å². The van der Waals surface area contributed by atoms with E-state index in [0.717, 1.165) is 6.07 Å². The van der Waals surface area contributed by atoms with Gasteiger partial charge in [-0.15, -0.1) is 0 Å². The van der Waals surface area contributed by atoms with Gasteiger partial charge in [-0.05, 0) is 18.6 Å². The van der Waals surface area contributed by atoms with E-state index >= 15 is 0 Å². The van der Waals surface area contributed by atoms with Crippen LogP contribution in [-0.4, -0.2) is 20.5 Å². The van der Waals surface area contributed by atoms with Crippen LogP contribution >= 0.6 is 0 Å². The molecule has 0 radical (unpaired) electrons. The number of aromatic nitrogens is 2. The van der Waals surface area contributed by atoms with E-state index in [-0.39, 0.29) is 23.5 Å². The monoisotopic (exact) mass is 258 g/mol. The number of hydrogen-bond donors (Lipinski definition) is 1. The Morgan fingerprint density at radius 3 is 2.67 bits per heavy atom. The molecule has 0 bridgehead atoms. The lowest BCUT2D eigenvalue weighted by atomic mass is 10.2. The first-order valence-electron chi connectivity index (χ1n) is 5.16. The molecule has 0 atom stereocenters. The van der Waals surface area contributed by atoms with Gasteiger partial charge < -0.3 is 9.51 Å². The van der Waals surface area contributed by atoms with Crippen LogP contribution in [0.4, 0.5) is 13.2 Å². The van der Waals surface area contributed by atoms with Crippen LogP contribution in [0.3, 0.4) is 0 Å². The fourth-order valence-electron chi connectivity index (χ4n) is 1.85. The van der Waals surface area contributed by atoms with E-state index in [1.165, 1.54) is 16.7 Å². The standard InChI is InChI=1S/C11H9F3N2O2/c1-2-7-8(10(17)18)15-9-6(11(12,13)14)4-3-5-16(7)9/h3-5H,2H2,1H3,(H,17,18). The molecule has 0 fully saturated rings. The smallest absolute Gasteiger partial charge is 0.419 e. The molecule has 2 aromatic heterocycles. The fraction of sp³-hybridized carbons (Fsp3) is 0.273. The molecule has 4 nitrogen and oxygen atoms in total. The minimum absolute atomic E-state index is 0.253. The van der Waals surface area contributed by atoms with Crippen molar-refractivity contribution in [2.45, 2.75) is 19.5 Å². The predicted molar refractivity (Wildman–Crippen MR) is 56.5 cm³/mol. The number of hydrogen-bond acceptors (Lipinski definition) is 2. The largest absolute Gasteiger partial charge is 0.476 e. The van der Waals surface area contributed by atoms with E-state index in [0.29, 0.717) is 0 Å². The first-order valence-corrected chi connectivity index (χ1v) is 5.16. The van der Waals surface area contributed by atoms with Gasteiger partial charge in [0.25, 0.3) is 0 Å². The highest BCUT2D eigenvalue weighted by molar-refractivity contribution is 5.88. The van der Waals surface area contributed by atoms with Gasteiger partial charge in [-0.3, -0.25) is 0 Å². The molecule has 0 spiro atoms. The van der Waals surface area contributed by atoms with E-state index in [1.54, 1.807) is 6.92 Å². The molecule has 0 amide bonds. The second-order valence-electron chi connectivity index (χ2n) is 3.68. The zero-order valence-corrected chi connectivity index (χ0v) is 9.32. The molecule has 0 aromatic carbocycles. The molecule has 2 aromatic rings. The Bertz CT molecular complexity index is 617. The highest BCUT2D eigenvalue weighted by Gasteiger charge is 2.35. The lowest BCUT2D eigenvalue weighted by molar-refractivity contribution is -0.136. The number of halogens is 3. The van der Waals surface area contributed by atoms with Gasteiger partial charge in [0.1, 0.15) is 5.65 Å². The summed E-state index contributed by atoms with van der Waals surface area (Å²) in [6, 6.07) is 2.11. The summed E-state index contributed by atoms with van der Waals surface area (Å²) in [5, 5.41) is 8.93. The molecular weight excluding hydrogens is 249 g/mol. The number of aryl methyl sites for hydroxylation is 1. The Balaban J connectivity index is 2.84. The highest BCUT2D eigenvalue weighted by atomic mass is 19.4. The average Bonchev–Trinajstić information content (AvgIpc) is 2.65. The summed E-state index contributed by atoms with van der Waals surface area (Å²) in [6.07, 6.45) is -2.90. The third-order valence-corrected chi connectivity index (χ3v) is 2.59. The lowest BCUT2D eigenvalue weighted by Crippen LogP contribution is -2.07. The number of carboxylic acid groups (broad SMARTS) is 1. The number of imidazole rings is 1. The van der Waals surface area contributed by atoms with Crippen molar-refractivity contribution in [3.8, 4) is 0 Å². The second kappa shape index (κ2) is 4.01. The molecule has 0 aliphatic carbocycles. The predicted octanol–water partition coefficient (Wildman–Crippen LogP) is 2.61. The molecule has 7 heteroatoms. The third-order valence-electron chi connectivity index (χ3n) is 2.59. The zero-order chi connectivity index (χ0) is 13.5. The van der Waals surface area contributed by atoms with E-state index < -0.39 is 17.7 Å². The maximum absolute atomic E-state index is 12.8. The number of alkyl halides is 3. The summed E-state index contributed by atoms with van der Waals surface area (Å²) in [5.74, 6) is -1.33. The number of fused-ring (bicyclic) bond motifs is 1. The molecule has 0 unspecified atom stereocenters. The lowest BCUT2D eigenvalue weighted by Gasteiger charge is -2.07. The van der Waals surface area contributed by atoms with Gasteiger partial charge in [-0.1, -0.05) is 6.92 Å². The minimum atomic E-state index is -4.56. The topological polar surface area (TPSA) is 54.6 Å². The zero-order valence-electron chi connectivity index (χ0n) is 9.32. The van der Waals surface area contributed by atoms with Crippen LogP contribution in [0.5, 0.6) is 0 Å². The number of nitrogens with zero attached hydrogens (tertiary/aromatic N) is 2. The number of carboxylic acids is 1. The quantitative estimate of drug-likeness (QED) is 0.900. The maximum Gasteiger partial charge on any atom is 0.419 e. The Morgan fingerprint density at radius 1 is 1.50 bits per heavy atom. The molecule has 96 valence electrons. The molecule has 0 aliphatic rings. The molecule has 0 saturated carbocycles. The number of pyridine rings is 1. The molecule has 2 rings (SSSR count). The first kappa shape index (κ1) is 12.4. The second-order valence-corrected chi connectivity index (χ2v) is 3.68. The van der Waals surface area contributed by atoms with E-state index in [9.17, 15) is 18.0 Å². The van der Waals surface area contributed by atoms with E-state index in [4.69, 9.17) is 5.11 Å². The summed E-state index contributed by atoms with van der Waals surface area (Å²) < 4.78 is 39.5. The van der Waals surface area contributed by atoms with Crippen molar-refractivity contribution in [1.82, 2.24) is 9.38 Å². The highest BCUT2D eigenvalue weighted by Crippen LogP contribution is 2.32. The van der Waals surface area contributed by atoms with Crippen molar-refractivity contribution < 1.29 is 23.1 Å². The number of rotatable bonds is 2. The number of carbonyl (C=O) groups is 1. The van der Waals surface area contributed by atoms with Crippen molar-refractivity contribution >= 4 is 11.6 Å². The maximum atomic E-state index is 12.8. The Labute approximate surface area is 99.7 Å². The fourth-order valence-corrected chi connectivity index (χ4v) is 1.85. The van der Waals surface area contributed by atoms with Crippen LogP contribution in [-0.2, 0) is 12.6 Å². The first-order chi connectivity index (χ1) is 8.36. The van der Waals surface area contributed by atoms with Crippen molar-refractivity contribution in [3.63, 3.8) is 0 Å². The number of aromatic carboxylic acids is 1. The molecular formula is C11H9F3N2O2. The van der Waals surface area contributed by atoms with Crippen molar-refractivity contribution in [2.75, 3.05) is 0 Å². The summed E-state index contributed by atoms with van der Waals surface area (Å²) in [6.45, 7) is 1.66.